The number of carbonyl (C=O) groups excluding carboxylic acids is 4. The first-order valence-electron chi connectivity index (χ1n) is 9.33. The third kappa shape index (κ3) is 11.0. The van der Waals surface area contributed by atoms with Crippen molar-refractivity contribution in [2.24, 2.45) is 23.1 Å². The normalized spacial score (nSPS) is 13.8. The van der Waals surface area contributed by atoms with Crippen molar-refractivity contribution in [3.63, 3.8) is 0 Å². The zero-order chi connectivity index (χ0) is 22.6. The van der Waals surface area contributed by atoms with Gasteiger partial charge in [-0.3, -0.25) is 24.0 Å². The van der Waals surface area contributed by atoms with Gasteiger partial charge in [-0.15, -0.1) is 0 Å². The first-order chi connectivity index (χ1) is 13.5. The smallest absolute Gasteiger partial charge is 0.322 e. The van der Waals surface area contributed by atoms with Crippen LogP contribution >= 0.6 is 0 Å². The number of carboxylic acids is 1. The third-order valence-electron chi connectivity index (χ3n) is 4.01. The van der Waals surface area contributed by atoms with Crippen LogP contribution in [0.3, 0.4) is 0 Å². The van der Waals surface area contributed by atoms with Crippen molar-refractivity contribution < 1.29 is 29.1 Å². The highest BCUT2D eigenvalue weighted by molar-refractivity contribution is 5.95. The van der Waals surface area contributed by atoms with Crippen LogP contribution in [0.15, 0.2) is 0 Å². The number of rotatable bonds is 14. The van der Waals surface area contributed by atoms with Gasteiger partial charge in [-0.25, -0.2) is 0 Å². The van der Waals surface area contributed by atoms with Crippen LogP contribution in [0.1, 0.15) is 39.5 Å². The Kier molecular flexibility index (Phi) is 12.2. The molecule has 3 unspecified atom stereocenters. The van der Waals surface area contributed by atoms with Gasteiger partial charge in [0.05, 0.1) is 12.5 Å². The standard InChI is InChI=1S/C17H32N6O6/c1-9(2)14(23-15(27)10(19)5-3-4-6-18)17(29)22-11(7-12(20)24)16(28)21-8-13(25)26/h9-11,14H,3-8,18-19H2,1-2H3,(H2,20,24)(H,21,28)(H,22,29)(H,23,27)(H,25,26). The molecule has 0 rings (SSSR count). The molecule has 0 spiro atoms. The van der Waals surface area contributed by atoms with Crippen molar-refractivity contribution in [1.29, 1.82) is 0 Å². The summed E-state index contributed by atoms with van der Waals surface area (Å²) in [7, 11) is 0. The summed E-state index contributed by atoms with van der Waals surface area (Å²) in [6, 6.07) is -3.22. The molecule has 12 heteroatoms. The summed E-state index contributed by atoms with van der Waals surface area (Å²) in [6.45, 7) is 3.15. The summed E-state index contributed by atoms with van der Waals surface area (Å²) < 4.78 is 0. The second-order valence-corrected chi connectivity index (χ2v) is 6.96. The van der Waals surface area contributed by atoms with E-state index >= 15 is 0 Å². The van der Waals surface area contributed by atoms with Crippen molar-refractivity contribution in [3.05, 3.63) is 0 Å². The van der Waals surface area contributed by atoms with Gasteiger partial charge in [0.25, 0.3) is 0 Å². The van der Waals surface area contributed by atoms with Crippen LogP contribution < -0.4 is 33.2 Å². The predicted molar refractivity (Wildman–Crippen MR) is 104 cm³/mol. The van der Waals surface area contributed by atoms with Crippen molar-refractivity contribution >= 4 is 29.6 Å². The first-order valence-corrected chi connectivity index (χ1v) is 9.33. The van der Waals surface area contributed by atoms with Crippen molar-refractivity contribution in [2.45, 2.75) is 57.7 Å². The number of carbonyl (C=O) groups is 5. The number of unbranched alkanes of at least 4 members (excludes halogenated alkanes) is 1. The maximum absolute atomic E-state index is 12.6. The van der Waals surface area contributed by atoms with Gasteiger partial charge in [0.2, 0.25) is 23.6 Å². The van der Waals surface area contributed by atoms with E-state index in [0.717, 1.165) is 6.42 Å². The van der Waals surface area contributed by atoms with E-state index < -0.39 is 60.7 Å². The molecule has 0 radical (unpaired) electrons. The highest BCUT2D eigenvalue weighted by atomic mass is 16.4. The number of nitrogens with two attached hydrogens (primary N) is 3. The van der Waals surface area contributed by atoms with Gasteiger partial charge in [0, 0.05) is 0 Å². The average molecular weight is 416 g/mol. The number of hydrogen-bond acceptors (Lipinski definition) is 7. The lowest BCUT2D eigenvalue weighted by Gasteiger charge is -2.26. The number of aliphatic carboxylic acids is 1. The molecular weight excluding hydrogens is 384 g/mol. The Labute approximate surface area is 169 Å². The molecule has 0 saturated carbocycles. The summed E-state index contributed by atoms with van der Waals surface area (Å²) in [5.74, 6) is -4.65. The molecule has 166 valence electrons. The molecule has 0 aromatic heterocycles. The first kappa shape index (κ1) is 26.3. The largest absolute Gasteiger partial charge is 0.480 e. The molecule has 0 aromatic rings. The van der Waals surface area contributed by atoms with Gasteiger partial charge in [-0.2, -0.15) is 0 Å². The van der Waals surface area contributed by atoms with Crippen LogP contribution in [-0.4, -0.2) is 65.9 Å². The van der Waals surface area contributed by atoms with Crippen LogP contribution in [0, 0.1) is 5.92 Å². The molecule has 0 bridgehead atoms. The Balaban J connectivity index is 5.08. The van der Waals surface area contributed by atoms with Crippen molar-refractivity contribution in [1.82, 2.24) is 16.0 Å². The van der Waals surface area contributed by atoms with Gasteiger partial charge in [-0.1, -0.05) is 20.3 Å². The van der Waals surface area contributed by atoms with Crippen LogP contribution in [0.5, 0.6) is 0 Å². The Bertz CT molecular complexity index is 597. The summed E-state index contributed by atoms with van der Waals surface area (Å²) in [5, 5.41) is 15.6. The molecule has 0 aliphatic carbocycles. The zero-order valence-corrected chi connectivity index (χ0v) is 16.8. The highest BCUT2D eigenvalue weighted by Crippen LogP contribution is 2.06. The molecule has 4 amide bonds. The molecule has 0 heterocycles. The van der Waals surface area contributed by atoms with E-state index in [9.17, 15) is 24.0 Å². The maximum Gasteiger partial charge on any atom is 0.322 e. The molecule has 3 atom stereocenters. The van der Waals surface area contributed by atoms with Crippen LogP contribution in [0.4, 0.5) is 0 Å². The second kappa shape index (κ2) is 13.4. The second-order valence-electron chi connectivity index (χ2n) is 6.96. The number of nitrogens with one attached hydrogen (secondary N) is 3. The Hall–Kier alpha value is -2.73. The minimum Gasteiger partial charge on any atom is -0.480 e. The maximum atomic E-state index is 12.6. The van der Waals surface area contributed by atoms with E-state index in [1.807, 2.05) is 0 Å². The van der Waals surface area contributed by atoms with Gasteiger partial charge in [0.15, 0.2) is 0 Å². The molecule has 0 aromatic carbocycles. The predicted octanol–water partition coefficient (Wildman–Crippen LogP) is -2.86. The van der Waals surface area contributed by atoms with Crippen LogP contribution in [-0.2, 0) is 24.0 Å². The molecule has 0 fully saturated rings. The molecule has 0 saturated heterocycles. The number of amides is 4. The molecule has 10 N–H and O–H groups in total. The van der Waals surface area contributed by atoms with E-state index in [-0.39, 0.29) is 5.92 Å². The van der Waals surface area contributed by atoms with E-state index in [0.29, 0.717) is 19.4 Å². The highest BCUT2D eigenvalue weighted by Gasteiger charge is 2.30. The minimum atomic E-state index is -1.38. The van der Waals surface area contributed by atoms with Crippen LogP contribution in [0.25, 0.3) is 0 Å². The van der Waals surface area contributed by atoms with E-state index in [1.54, 1.807) is 13.8 Å². The molecular formula is C17H32N6O6. The fraction of sp³-hybridized carbons (Fsp3) is 0.706. The van der Waals surface area contributed by atoms with Gasteiger partial charge in [0.1, 0.15) is 18.6 Å². The summed E-state index contributed by atoms with van der Waals surface area (Å²) in [5.41, 5.74) is 16.3. The number of primary amides is 1. The van der Waals surface area contributed by atoms with E-state index in [1.165, 1.54) is 0 Å². The summed E-state index contributed by atoms with van der Waals surface area (Å²) in [6.07, 6.45) is 1.25. The molecule has 0 aliphatic rings. The molecule has 29 heavy (non-hydrogen) atoms. The molecule has 0 aliphatic heterocycles. The van der Waals surface area contributed by atoms with Crippen LogP contribution in [0.2, 0.25) is 0 Å². The van der Waals surface area contributed by atoms with Gasteiger partial charge < -0.3 is 38.3 Å². The van der Waals surface area contributed by atoms with Gasteiger partial charge >= 0.3 is 5.97 Å². The number of carboxylic acid groups (broad SMARTS) is 1. The third-order valence-corrected chi connectivity index (χ3v) is 4.01. The molecule has 12 nitrogen and oxygen atoms in total. The van der Waals surface area contributed by atoms with Crippen molar-refractivity contribution in [3.8, 4) is 0 Å². The Morgan fingerprint density at radius 3 is 2.07 bits per heavy atom. The Morgan fingerprint density at radius 2 is 1.59 bits per heavy atom. The summed E-state index contributed by atoms with van der Waals surface area (Å²) >= 11 is 0. The van der Waals surface area contributed by atoms with Gasteiger partial charge in [-0.05, 0) is 25.3 Å². The monoisotopic (exact) mass is 416 g/mol. The quantitative estimate of drug-likeness (QED) is 0.146. The lowest BCUT2D eigenvalue weighted by molar-refractivity contribution is -0.139. The van der Waals surface area contributed by atoms with E-state index in [4.69, 9.17) is 22.3 Å². The average Bonchev–Trinajstić information content (AvgIpc) is 2.62. The summed E-state index contributed by atoms with van der Waals surface area (Å²) in [4.78, 5) is 58.7. The topological polar surface area (TPSA) is 220 Å². The lowest BCUT2D eigenvalue weighted by atomic mass is 10.0. The lowest BCUT2D eigenvalue weighted by Crippen LogP contribution is -2.58. The number of hydrogen-bond donors (Lipinski definition) is 7. The fourth-order valence-electron chi connectivity index (χ4n) is 2.39. The fourth-order valence-corrected chi connectivity index (χ4v) is 2.39. The van der Waals surface area contributed by atoms with Crippen molar-refractivity contribution in [2.75, 3.05) is 13.1 Å². The zero-order valence-electron chi connectivity index (χ0n) is 16.8. The SMILES string of the molecule is CC(C)C(NC(=O)C(N)CCCCN)C(=O)NC(CC(N)=O)C(=O)NCC(=O)O. The van der Waals surface area contributed by atoms with E-state index in [2.05, 4.69) is 16.0 Å². The Morgan fingerprint density at radius 1 is 0.966 bits per heavy atom. The minimum absolute atomic E-state index is 0.355.